The molecule has 2 nitrogen and oxygen atoms in total. The van der Waals surface area contributed by atoms with Gasteiger partial charge in [-0.3, -0.25) is 0 Å². The molecule has 0 amide bonds. The summed E-state index contributed by atoms with van der Waals surface area (Å²) in [5.74, 6) is 0. The molecule has 0 aliphatic carbocycles. The standard InChI is InChI=1S/C14H17BrN2S/c1-9-5-6-11(15)8-12(9)14-17-10(2)13(18-14)4-3-7-16/h5-6,8H,3-4,7,16H2,1-2H3. The second-order valence-corrected chi connectivity index (χ2v) is 6.38. The average Bonchev–Trinajstić information content (AvgIpc) is 2.71. The van der Waals surface area contributed by atoms with Crippen LogP contribution in [0.15, 0.2) is 22.7 Å². The van der Waals surface area contributed by atoms with Crippen LogP contribution < -0.4 is 5.73 Å². The first-order chi connectivity index (χ1) is 8.61. The molecule has 2 aromatic rings. The number of halogens is 1. The molecule has 1 aromatic carbocycles. The number of nitrogens with zero attached hydrogens (tertiary/aromatic N) is 1. The smallest absolute Gasteiger partial charge is 0.124 e. The fraction of sp³-hybridized carbons (Fsp3) is 0.357. The number of aromatic nitrogens is 1. The summed E-state index contributed by atoms with van der Waals surface area (Å²) in [6.07, 6.45) is 2.06. The Morgan fingerprint density at radius 3 is 2.83 bits per heavy atom. The van der Waals surface area contributed by atoms with Gasteiger partial charge in [0, 0.05) is 14.9 Å². The SMILES string of the molecule is Cc1ccc(Br)cc1-c1nc(C)c(CCCN)s1. The minimum Gasteiger partial charge on any atom is -0.330 e. The molecule has 4 heteroatoms. The fourth-order valence-corrected chi connectivity index (χ4v) is 3.41. The molecule has 18 heavy (non-hydrogen) atoms. The van der Waals surface area contributed by atoms with Crippen molar-refractivity contribution in [2.24, 2.45) is 5.73 Å². The van der Waals surface area contributed by atoms with Crippen LogP contribution in [0.5, 0.6) is 0 Å². The Hall–Kier alpha value is -0.710. The maximum atomic E-state index is 5.57. The molecule has 0 radical (unpaired) electrons. The lowest BCUT2D eigenvalue weighted by Gasteiger charge is -2.02. The number of aryl methyl sites for hydroxylation is 3. The molecule has 0 saturated heterocycles. The largest absolute Gasteiger partial charge is 0.330 e. The van der Waals surface area contributed by atoms with Gasteiger partial charge in [-0.25, -0.2) is 4.98 Å². The van der Waals surface area contributed by atoms with Crippen molar-refractivity contribution in [1.29, 1.82) is 0 Å². The van der Waals surface area contributed by atoms with Crippen LogP contribution in [-0.4, -0.2) is 11.5 Å². The van der Waals surface area contributed by atoms with E-state index >= 15 is 0 Å². The Labute approximate surface area is 120 Å². The number of hydrogen-bond acceptors (Lipinski definition) is 3. The highest BCUT2D eigenvalue weighted by atomic mass is 79.9. The summed E-state index contributed by atoms with van der Waals surface area (Å²) < 4.78 is 1.10. The Morgan fingerprint density at radius 1 is 1.33 bits per heavy atom. The lowest BCUT2D eigenvalue weighted by Crippen LogP contribution is -1.99. The van der Waals surface area contributed by atoms with Crippen molar-refractivity contribution < 1.29 is 0 Å². The highest BCUT2D eigenvalue weighted by Crippen LogP contribution is 2.32. The predicted molar refractivity (Wildman–Crippen MR) is 82.1 cm³/mol. The van der Waals surface area contributed by atoms with Crippen LogP contribution >= 0.6 is 27.3 Å². The zero-order valence-corrected chi connectivity index (χ0v) is 13.1. The fourth-order valence-electron chi connectivity index (χ4n) is 1.86. The summed E-state index contributed by atoms with van der Waals surface area (Å²) in [4.78, 5) is 6.05. The molecule has 1 heterocycles. The van der Waals surface area contributed by atoms with E-state index in [1.165, 1.54) is 16.0 Å². The monoisotopic (exact) mass is 324 g/mol. The minimum absolute atomic E-state index is 0.739. The van der Waals surface area contributed by atoms with Gasteiger partial charge in [0.05, 0.1) is 5.69 Å². The number of nitrogens with two attached hydrogens (primary N) is 1. The third kappa shape index (κ3) is 2.99. The second-order valence-electron chi connectivity index (χ2n) is 4.38. The van der Waals surface area contributed by atoms with E-state index in [1.807, 2.05) is 0 Å². The van der Waals surface area contributed by atoms with Gasteiger partial charge in [0.25, 0.3) is 0 Å². The first-order valence-corrected chi connectivity index (χ1v) is 7.65. The van der Waals surface area contributed by atoms with Crippen molar-refractivity contribution in [3.05, 3.63) is 38.8 Å². The van der Waals surface area contributed by atoms with Gasteiger partial charge in [-0.2, -0.15) is 0 Å². The van der Waals surface area contributed by atoms with E-state index in [2.05, 4.69) is 48.0 Å². The summed E-state index contributed by atoms with van der Waals surface area (Å²) >= 11 is 5.31. The Kier molecular flexibility index (Phi) is 4.54. The van der Waals surface area contributed by atoms with Crippen molar-refractivity contribution >= 4 is 27.3 Å². The molecular weight excluding hydrogens is 308 g/mol. The van der Waals surface area contributed by atoms with Crippen LogP contribution in [0.3, 0.4) is 0 Å². The van der Waals surface area contributed by atoms with E-state index in [0.717, 1.165) is 34.6 Å². The van der Waals surface area contributed by atoms with E-state index in [1.54, 1.807) is 11.3 Å². The van der Waals surface area contributed by atoms with Crippen LogP contribution in [-0.2, 0) is 6.42 Å². The maximum Gasteiger partial charge on any atom is 0.124 e. The van der Waals surface area contributed by atoms with Gasteiger partial charge < -0.3 is 5.73 Å². The van der Waals surface area contributed by atoms with Crippen LogP contribution in [0.1, 0.15) is 22.6 Å². The average molecular weight is 325 g/mol. The number of hydrogen-bond donors (Lipinski definition) is 1. The van der Waals surface area contributed by atoms with Crippen LogP contribution in [0.2, 0.25) is 0 Å². The second kappa shape index (κ2) is 5.95. The van der Waals surface area contributed by atoms with E-state index in [-0.39, 0.29) is 0 Å². The van der Waals surface area contributed by atoms with Gasteiger partial charge in [0.15, 0.2) is 0 Å². The summed E-state index contributed by atoms with van der Waals surface area (Å²) in [5.41, 5.74) is 9.19. The normalized spacial score (nSPS) is 10.9. The van der Waals surface area contributed by atoms with Crippen LogP contribution in [0, 0.1) is 13.8 Å². The van der Waals surface area contributed by atoms with Gasteiger partial charge in [0.2, 0.25) is 0 Å². The quantitative estimate of drug-likeness (QED) is 0.920. The van der Waals surface area contributed by atoms with Crippen molar-refractivity contribution in [3.63, 3.8) is 0 Å². The molecule has 0 aliphatic rings. The van der Waals surface area contributed by atoms with Crippen molar-refractivity contribution in [3.8, 4) is 10.6 Å². The van der Waals surface area contributed by atoms with E-state index in [9.17, 15) is 0 Å². The minimum atomic E-state index is 0.739. The summed E-state index contributed by atoms with van der Waals surface area (Å²) in [7, 11) is 0. The molecule has 0 spiro atoms. The third-order valence-corrected chi connectivity index (χ3v) is 4.67. The predicted octanol–water partition coefficient (Wildman–Crippen LogP) is 4.08. The number of rotatable bonds is 4. The lowest BCUT2D eigenvalue weighted by molar-refractivity contribution is 0.836. The van der Waals surface area contributed by atoms with Crippen LogP contribution in [0.4, 0.5) is 0 Å². The Balaban J connectivity index is 2.36. The molecule has 1 aromatic heterocycles. The lowest BCUT2D eigenvalue weighted by atomic mass is 10.1. The molecule has 0 aliphatic heterocycles. The van der Waals surface area contributed by atoms with Crippen LogP contribution in [0.25, 0.3) is 10.6 Å². The highest BCUT2D eigenvalue weighted by molar-refractivity contribution is 9.10. The van der Waals surface area contributed by atoms with Gasteiger partial charge in [-0.05, 0) is 50.9 Å². The Morgan fingerprint density at radius 2 is 2.11 bits per heavy atom. The molecule has 96 valence electrons. The molecular formula is C14H17BrN2S. The summed E-state index contributed by atoms with van der Waals surface area (Å²) in [6.45, 7) is 4.94. The molecule has 2 N–H and O–H groups in total. The van der Waals surface area contributed by atoms with Crippen molar-refractivity contribution in [1.82, 2.24) is 4.98 Å². The van der Waals surface area contributed by atoms with Gasteiger partial charge in [0.1, 0.15) is 5.01 Å². The maximum absolute atomic E-state index is 5.57. The van der Waals surface area contributed by atoms with Gasteiger partial charge in [-0.1, -0.05) is 22.0 Å². The molecule has 0 unspecified atom stereocenters. The zero-order valence-electron chi connectivity index (χ0n) is 10.7. The number of thiazole rings is 1. The zero-order chi connectivity index (χ0) is 13.1. The summed E-state index contributed by atoms with van der Waals surface area (Å²) in [6, 6.07) is 6.32. The molecule has 0 saturated carbocycles. The Bertz CT molecular complexity index is 549. The van der Waals surface area contributed by atoms with Crippen molar-refractivity contribution in [2.45, 2.75) is 26.7 Å². The van der Waals surface area contributed by atoms with E-state index in [4.69, 9.17) is 10.7 Å². The van der Waals surface area contributed by atoms with E-state index in [0.29, 0.717) is 0 Å². The summed E-state index contributed by atoms with van der Waals surface area (Å²) in [5, 5.41) is 1.11. The van der Waals surface area contributed by atoms with Gasteiger partial charge >= 0.3 is 0 Å². The molecule has 2 rings (SSSR count). The molecule has 0 bridgehead atoms. The highest BCUT2D eigenvalue weighted by Gasteiger charge is 2.11. The number of benzene rings is 1. The van der Waals surface area contributed by atoms with Crippen molar-refractivity contribution in [2.75, 3.05) is 6.54 Å². The molecule has 0 fully saturated rings. The topological polar surface area (TPSA) is 38.9 Å². The molecule has 0 atom stereocenters. The third-order valence-electron chi connectivity index (χ3n) is 2.93. The first kappa shape index (κ1) is 13.7. The van der Waals surface area contributed by atoms with Gasteiger partial charge in [-0.15, -0.1) is 11.3 Å². The first-order valence-electron chi connectivity index (χ1n) is 6.04. The van der Waals surface area contributed by atoms with E-state index < -0.39 is 0 Å².